The highest BCUT2D eigenvalue weighted by molar-refractivity contribution is 8.13. The van der Waals surface area contributed by atoms with Gasteiger partial charge in [-0.15, -0.1) is 0 Å². The molecule has 4 heteroatoms. The Bertz CT molecular complexity index is 363. The first kappa shape index (κ1) is 11.9. The first-order chi connectivity index (χ1) is 7.22. The molecule has 0 aromatic carbocycles. The fraction of sp³-hybridized carbons (Fsp3) is 0.273. The molecule has 1 heterocycles. The third-order valence-electron chi connectivity index (χ3n) is 1.66. The highest BCUT2D eigenvalue weighted by atomic mass is 32.2. The lowest BCUT2D eigenvalue weighted by Gasteiger charge is -1.96. The number of thioether (sulfide) groups is 1. The zero-order valence-corrected chi connectivity index (χ0v) is 9.33. The smallest absolute Gasteiger partial charge is 0.186 e. The molecule has 1 rings (SSSR count). The van der Waals surface area contributed by atoms with Crippen LogP contribution in [0.5, 0.6) is 0 Å². The Balaban J connectivity index is 2.52. The van der Waals surface area contributed by atoms with Crippen LogP contribution in [0.1, 0.15) is 18.3 Å². The summed E-state index contributed by atoms with van der Waals surface area (Å²) in [5.41, 5.74) is 1.45. The fourth-order valence-corrected chi connectivity index (χ4v) is 1.44. The minimum Gasteiger partial charge on any atom is -0.390 e. The summed E-state index contributed by atoms with van der Waals surface area (Å²) < 4.78 is 0. The lowest BCUT2D eigenvalue weighted by Crippen LogP contribution is -1.90. The Labute approximate surface area is 93.2 Å². The molecule has 15 heavy (non-hydrogen) atoms. The standard InChI is InChI=1S/C11H13NO2S/c1-9(14)15-7-3-6-10-4-2-5-11(8-13)12-10/h2-6,13H,7-8H2,1H3. The Morgan fingerprint density at radius 1 is 1.60 bits per heavy atom. The van der Waals surface area contributed by atoms with Gasteiger partial charge in [0.15, 0.2) is 5.12 Å². The third-order valence-corrected chi connectivity index (χ3v) is 2.43. The van der Waals surface area contributed by atoms with E-state index < -0.39 is 0 Å². The van der Waals surface area contributed by atoms with E-state index in [1.807, 2.05) is 24.3 Å². The van der Waals surface area contributed by atoms with Gasteiger partial charge < -0.3 is 5.11 Å². The van der Waals surface area contributed by atoms with Crippen molar-refractivity contribution in [2.75, 3.05) is 5.75 Å². The van der Waals surface area contributed by atoms with Gasteiger partial charge in [-0.2, -0.15) is 0 Å². The Morgan fingerprint density at radius 2 is 2.40 bits per heavy atom. The quantitative estimate of drug-likeness (QED) is 0.846. The van der Waals surface area contributed by atoms with E-state index in [9.17, 15) is 4.79 Å². The molecule has 0 atom stereocenters. The number of carbonyl (C=O) groups is 1. The molecular formula is C11H13NO2S. The molecule has 0 radical (unpaired) electrons. The first-order valence-corrected chi connectivity index (χ1v) is 5.57. The van der Waals surface area contributed by atoms with Crippen molar-refractivity contribution in [2.45, 2.75) is 13.5 Å². The fourth-order valence-electron chi connectivity index (χ4n) is 1.01. The summed E-state index contributed by atoms with van der Waals surface area (Å²) in [5.74, 6) is 0.653. The molecule has 0 saturated heterocycles. The van der Waals surface area contributed by atoms with Gasteiger partial charge >= 0.3 is 0 Å². The van der Waals surface area contributed by atoms with Gasteiger partial charge in [0.2, 0.25) is 0 Å². The molecule has 1 aromatic heterocycles. The molecule has 0 amide bonds. The zero-order chi connectivity index (χ0) is 11.1. The second-order valence-corrected chi connectivity index (χ2v) is 4.11. The van der Waals surface area contributed by atoms with E-state index in [0.29, 0.717) is 11.4 Å². The highest BCUT2D eigenvalue weighted by Crippen LogP contribution is 2.05. The second-order valence-electron chi connectivity index (χ2n) is 2.92. The highest BCUT2D eigenvalue weighted by Gasteiger charge is 1.93. The number of carbonyl (C=O) groups excluding carboxylic acids is 1. The lowest BCUT2D eigenvalue weighted by molar-refractivity contribution is -0.109. The van der Waals surface area contributed by atoms with E-state index in [0.717, 1.165) is 5.69 Å². The maximum Gasteiger partial charge on any atom is 0.186 e. The summed E-state index contributed by atoms with van der Waals surface area (Å²) in [5, 5.41) is 8.98. The van der Waals surface area contributed by atoms with E-state index in [2.05, 4.69) is 4.98 Å². The number of pyridine rings is 1. The van der Waals surface area contributed by atoms with Crippen molar-refractivity contribution >= 4 is 23.0 Å². The van der Waals surface area contributed by atoms with E-state index >= 15 is 0 Å². The topological polar surface area (TPSA) is 50.2 Å². The zero-order valence-electron chi connectivity index (χ0n) is 8.51. The SMILES string of the molecule is CC(=O)SCC=Cc1cccc(CO)n1. The van der Waals surface area contributed by atoms with Gasteiger partial charge in [0.1, 0.15) is 0 Å². The van der Waals surface area contributed by atoms with Gasteiger partial charge in [-0.25, -0.2) is 0 Å². The number of aliphatic hydroxyl groups excluding tert-OH is 1. The Hall–Kier alpha value is -1.13. The number of hydrogen-bond acceptors (Lipinski definition) is 4. The molecule has 1 N–H and O–H groups in total. The van der Waals surface area contributed by atoms with Gasteiger partial charge in [-0.1, -0.05) is 23.9 Å². The van der Waals surface area contributed by atoms with Gasteiger partial charge in [0.05, 0.1) is 18.0 Å². The van der Waals surface area contributed by atoms with Gasteiger partial charge in [-0.05, 0) is 18.2 Å². The Morgan fingerprint density at radius 3 is 3.07 bits per heavy atom. The van der Waals surface area contributed by atoms with Crippen molar-refractivity contribution in [1.82, 2.24) is 4.98 Å². The first-order valence-electron chi connectivity index (χ1n) is 4.59. The van der Waals surface area contributed by atoms with Crippen LogP contribution in [-0.4, -0.2) is 21.0 Å². The summed E-state index contributed by atoms with van der Waals surface area (Å²) in [6.07, 6.45) is 3.73. The summed E-state index contributed by atoms with van der Waals surface area (Å²) in [6, 6.07) is 5.46. The molecule has 0 unspecified atom stereocenters. The monoisotopic (exact) mass is 223 g/mol. The molecule has 0 aliphatic heterocycles. The van der Waals surface area contributed by atoms with Crippen LogP contribution in [0.25, 0.3) is 6.08 Å². The van der Waals surface area contributed by atoms with E-state index in [1.165, 1.54) is 11.8 Å². The van der Waals surface area contributed by atoms with E-state index in [1.54, 1.807) is 13.0 Å². The number of rotatable bonds is 4. The van der Waals surface area contributed by atoms with Crippen molar-refractivity contribution in [3.8, 4) is 0 Å². The minimum atomic E-state index is -0.0517. The van der Waals surface area contributed by atoms with Gasteiger partial charge in [0, 0.05) is 12.7 Å². The van der Waals surface area contributed by atoms with Gasteiger partial charge in [-0.3, -0.25) is 9.78 Å². The number of hydrogen-bond donors (Lipinski definition) is 1. The van der Waals surface area contributed by atoms with Crippen LogP contribution >= 0.6 is 11.8 Å². The molecule has 3 nitrogen and oxygen atoms in total. The van der Waals surface area contributed by atoms with Crippen molar-refractivity contribution in [2.24, 2.45) is 0 Å². The lowest BCUT2D eigenvalue weighted by atomic mass is 10.3. The van der Waals surface area contributed by atoms with E-state index in [4.69, 9.17) is 5.11 Å². The molecule has 1 aromatic rings. The average Bonchev–Trinajstić information content (AvgIpc) is 2.24. The molecule has 0 fully saturated rings. The van der Waals surface area contributed by atoms with Crippen LogP contribution < -0.4 is 0 Å². The van der Waals surface area contributed by atoms with E-state index in [-0.39, 0.29) is 11.7 Å². The molecule has 0 spiro atoms. The number of aliphatic hydroxyl groups is 1. The van der Waals surface area contributed by atoms with Crippen LogP contribution in [0, 0.1) is 0 Å². The van der Waals surface area contributed by atoms with Crippen molar-refractivity contribution in [3.05, 3.63) is 35.7 Å². The largest absolute Gasteiger partial charge is 0.390 e. The molecule has 0 saturated carbocycles. The summed E-state index contributed by atoms with van der Waals surface area (Å²) in [6.45, 7) is 1.49. The molecular weight excluding hydrogens is 210 g/mol. The summed E-state index contributed by atoms with van der Waals surface area (Å²) >= 11 is 1.26. The molecule has 0 bridgehead atoms. The molecule has 0 aliphatic carbocycles. The third kappa shape index (κ3) is 4.76. The van der Waals surface area contributed by atoms with Gasteiger partial charge in [0.25, 0.3) is 0 Å². The predicted molar refractivity (Wildman–Crippen MR) is 62.3 cm³/mol. The predicted octanol–water partition coefficient (Wildman–Crippen LogP) is 1.87. The molecule has 0 aliphatic rings. The summed E-state index contributed by atoms with van der Waals surface area (Å²) in [4.78, 5) is 14.8. The maximum absolute atomic E-state index is 10.6. The normalized spacial score (nSPS) is 10.8. The van der Waals surface area contributed by atoms with Crippen molar-refractivity contribution in [3.63, 3.8) is 0 Å². The minimum absolute atomic E-state index is 0.0517. The van der Waals surface area contributed by atoms with Crippen molar-refractivity contribution in [1.29, 1.82) is 0 Å². The van der Waals surface area contributed by atoms with Crippen molar-refractivity contribution < 1.29 is 9.90 Å². The van der Waals surface area contributed by atoms with Crippen LogP contribution in [0.4, 0.5) is 0 Å². The van der Waals surface area contributed by atoms with Crippen LogP contribution in [0.15, 0.2) is 24.3 Å². The van der Waals surface area contributed by atoms with Crippen LogP contribution in [-0.2, 0) is 11.4 Å². The number of aromatic nitrogens is 1. The Kier molecular flexibility index (Phi) is 5.07. The maximum atomic E-state index is 10.6. The number of nitrogens with zero attached hydrogens (tertiary/aromatic N) is 1. The molecule has 80 valence electrons. The van der Waals surface area contributed by atoms with Crippen LogP contribution in [0.3, 0.4) is 0 Å². The van der Waals surface area contributed by atoms with Crippen LogP contribution in [0.2, 0.25) is 0 Å². The summed E-state index contributed by atoms with van der Waals surface area (Å²) in [7, 11) is 0. The average molecular weight is 223 g/mol. The second kappa shape index (κ2) is 6.37.